The topological polar surface area (TPSA) is 58.4 Å². The van der Waals surface area contributed by atoms with Crippen molar-refractivity contribution >= 4 is 17.0 Å². The summed E-state index contributed by atoms with van der Waals surface area (Å²) in [6.45, 7) is 4.41. The predicted octanol–water partition coefficient (Wildman–Crippen LogP) is 2.74. The number of nitrogens with zero attached hydrogens (tertiary/aromatic N) is 3. The van der Waals surface area contributed by atoms with Crippen LogP contribution in [0.15, 0.2) is 24.3 Å². The molecule has 0 aliphatic carbocycles. The Labute approximate surface area is 125 Å². The standard InChI is InChI=1S/C16H23N3O2/c1-3-4-10-18(2)12-15-17-13-7-5-6-8-14(13)19(15)11-9-16(20)21/h5-8H,3-4,9-12H2,1-2H3,(H,20,21). The van der Waals surface area contributed by atoms with E-state index < -0.39 is 5.97 Å². The van der Waals surface area contributed by atoms with E-state index in [4.69, 9.17) is 5.11 Å². The number of hydrogen-bond acceptors (Lipinski definition) is 3. The van der Waals surface area contributed by atoms with Crippen molar-refractivity contribution in [1.82, 2.24) is 14.5 Å². The number of unbranched alkanes of at least 4 members (excludes halogenated alkanes) is 1. The van der Waals surface area contributed by atoms with Gasteiger partial charge >= 0.3 is 5.97 Å². The smallest absolute Gasteiger partial charge is 0.305 e. The molecule has 0 saturated heterocycles. The van der Waals surface area contributed by atoms with Crippen molar-refractivity contribution in [2.24, 2.45) is 0 Å². The first-order valence-corrected chi connectivity index (χ1v) is 7.46. The Morgan fingerprint density at radius 3 is 2.86 bits per heavy atom. The molecule has 0 unspecified atom stereocenters. The van der Waals surface area contributed by atoms with Gasteiger partial charge in [0.2, 0.25) is 0 Å². The first-order chi connectivity index (χ1) is 10.1. The molecule has 0 amide bonds. The number of aryl methyl sites for hydroxylation is 1. The van der Waals surface area contributed by atoms with E-state index in [1.807, 2.05) is 28.8 Å². The van der Waals surface area contributed by atoms with Crippen LogP contribution in [0.1, 0.15) is 32.0 Å². The molecular weight excluding hydrogens is 266 g/mol. The zero-order valence-corrected chi connectivity index (χ0v) is 12.7. The fraction of sp³-hybridized carbons (Fsp3) is 0.500. The molecule has 0 atom stereocenters. The molecule has 114 valence electrons. The number of imidazole rings is 1. The summed E-state index contributed by atoms with van der Waals surface area (Å²) in [5.74, 6) is 0.161. The molecule has 1 heterocycles. The average Bonchev–Trinajstić information content (AvgIpc) is 2.80. The maximum atomic E-state index is 10.9. The van der Waals surface area contributed by atoms with Gasteiger partial charge in [0.1, 0.15) is 5.82 Å². The van der Waals surface area contributed by atoms with Crippen molar-refractivity contribution in [2.45, 2.75) is 39.3 Å². The quantitative estimate of drug-likeness (QED) is 0.812. The lowest BCUT2D eigenvalue weighted by molar-refractivity contribution is -0.137. The number of rotatable bonds is 8. The molecule has 0 spiro atoms. The molecule has 2 rings (SSSR count). The molecule has 0 bridgehead atoms. The minimum atomic E-state index is -0.780. The van der Waals surface area contributed by atoms with Gasteiger partial charge in [-0.2, -0.15) is 0 Å². The van der Waals surface area contributed by atoms with Crippen LogP contribution in [0.2, 0.25) is 0 Å². The van der Waals surface area contributed by atoms with Crippen LogP contribution in [0.4, 0.5) is 0 Å². The number of para-hydroxylation sites is 2. The first kappa shape index (κ1) is 15.5. The van der Waals surface area contributed by atoms with E-state index in [0.29, 0.717) is 6.54 Å². The molecule has 1 aromatic carbocycles. The van der Waals surface area contributed by atoms with Gasteiger partial charge < -0.3 is 9.67 Å². The summed E-state index contributed by atoms with van der Waals surface area (Å²) in [6, 6.07) is 7.90. The number of benzene rings is 1. The van der Waals surface area contributed by atoms with Crippen molar-refractivity contribution in [3.8, 4) is 0 Å². The Balaban J connectivity index is 2.23. The predicted molar refractivity (Wildman–Crippen MR) is 83.2 cm³/mol. The van der Waals surface area contributed by atoms with Crippen molar-refractivity contribution in [3.05, 3.63) is 30.1 Å². The van der Waals surface area contributed by atoms with Gasteiger partial charge in [-0.1, -0.05) is 25.5 Å². The minimum Gasteiger partial charge on any atom is -0.481 e. The number of hydrogen-bond donors (Lipinski definition) is 1. The van der Waals surface area contributed by atoms with Crippen LogP contribution in [0, 0.1) is 0 Å². The van der Waals surface area contributed by atoms with Crippen LogP contribution in [0.25, 0.3) is 11.0 Å². The molecule has 0 fully saturated rings. The lowest BCUT2D eigenvalue weighted by atomic mass is 10.3. The third-order valence-corrected chi connectivity index (χ3v) is 3.59. The lowest BCUT2D eigenvalue weighted by Crippen LogP contribution is -2.22. The van der Waals surface area contributed by atoms with E-state index in [-0.39, 0.29) is 6.42 Å². The van der Waals surface area contributed by atoms with Crippen molar-refractivity contribution in [2.75, 3.05) is 13.6 Å². The maximum absolute atomic E-state index is 10.9. The second-order valence-electron chi connectivity index (χ2n) is 5.40. The van der Waals surface area contributed by atoms with E-state index >= 15 is 0 Å². The summed E-state index contributed by atoms with van der Waals surface area (Å²) in [5.41, 5.74) is 1.94. The molecule has 2 aromatic rings. The van der Waals surface area contributed by atoms with Crippen LogP contribution in [0.3, 0.4) is 0 Å². The average molecular weight is 289 g/mol. The summed E-state index contributed by atoms with van der Waals surface area (Å²) in [7, 11) is 2.08. The van der Waals surface area contributed by atoms with Crippen molar-refractivity contribution in [1.29, 1.82) is 0 Å². The van der Waals surface area contributed by atoms with E-state index in [1.165, 1.54) is 6.42 Å². The lowest BCUT2D eigenvalue weighted by Gasteiger charge is -2.16. The number of aromatic nitrogens is 2. The Kier molecular flexibility index (Phi) is 5.33. The third-order valence-electron chi connectivity index (χ3n) is 3.59. The molecule has 0 saturated carbocycles. The molecule has 0 aliphatic heterocycles. The fourth-order valence-electron chi connectivity index (χ4n) is 2.45. The molecule has 5 heteroatoms. The fourth-order valence-corrected chi connectivity index (χ4v) is 2.45. The number of carboxylic acid groups (broad SMARTS) is 1. The van der Waals surface area contributed by atoms with Crippen LogP contribution in [-0.4, -0.2) is 39.1 Å². The second kappa shape index (κ2) is 7.22. The van der Waals surface area contributed by atoms with Crippen molar-refractivity contribution < 1.29 is 9.90 Å². The normalized spacial score (nSPS) is 11.4. The molecule has 0 radical (unpaired) electrons. The highest BCUT2D eigenvalue weighted by Crippen LogP contribution is 2.17. The Bertz CT molecular complexity index is 607. The summed E-state index contributed by atoms with van der Waals surface area (Å²) >= 11 is 0. The van der Waals surface area contributed by atoms with Gasteiger partial charge in [-0.3, -0.25) is 9.69 Å². The van der Waals surface area contributed by atoms with Gasteiger partial charge in [-0.15, -0.1) is 0 Å². The second-order valence-corrected chi connectivity index (χ2v) is 5.40. The van der Waals surface area contributed by atoms with Gasteiger partial charge in [0.25, 0.3) is 0 Å². The van der Waals surface area contributed by atoms with Crippen LogP contribution >= 0.6 is 0 Å². The molecule has 1 N–H and O–H groups in total. The largest absolute Gasteiger partial charge is 0.481 e. The molecule has 21 heavy (non-hydrogen) atoms. The van der Waals surface area contributed by atoms with Gasteiger partial charge in [0.15, 0.2) is 0 Å². The SMILES string of the molecule is CCCCN(C)Cc1nc2ccccc2n1CCC(=O)O. The zero-order chi connectivity index (χ0) is 15.2. The number of carboxylic acids is 1. The minimum absolute atomic E-state index is 0.117. The third kappa shape index (κ3) is 4.04. The molecule has 0 aliphatic rings. The Morgan fingerprint density at radius 1 is 1.38 bits per heavy atom. The first-order valence-electron chi connectivity index (χ1n) is 7.46. The molecule has 1 aromatic heterocycles. The van der Waals surface area contributed by atoms with Crippen molar-refractivity contribution in [3.63, 3.8) is 0 Å². The van der Waals surface area contributed by atoms with E-state index in [1.54, 1.807) is 0 Å². The summed E-state index contributed by atoms with van der Waals surface area (Å²) in [4.78, 5) is 17.8. The van der Waals surface area contributed by atoms with Gasteiger partial charge in [-0.05, 0) is 32.1 Å². The van der Waals surface area contributed by atoms with Crippen LogP contribution < -0.4 is 0 Å². The van der Waals surface area contributed by atoms with E-state index in [2.05, 4.69) is 23.9 Å². The van der Waals surface area contributed by atoms with E-state index in [0.717, 1.165) is 36.4 Å². The Morgan fingerprint density at radius 2 is 2.14 bits per heavy atom. The van der Waals surface area contributed by atoms with Gasteiger partial charge in [0, 0.05) is 6.54 Å². The highest BCUT2D eigenvalue weighted by Gasteiger charge is 2.13. The molecular formula is C16H23N3O2. The summed E-state index contributed by atoms with van der Waals surface area (Å²) < 4.78 is 2.03. The van der Waals surface area contributed by atoms with Crippen LogP contribution in [0.5, 0.6) is 0 Å². The number of carbonyl (C=O) groups is 1. The summed E-state index contributed by atoms with van der Waals surface area (Å²) in [6.07, 6.45) is 2.44. The maximum Gasteiger partial charge on any atom is 0.305 e. The number of aliphatic carboxylic acids is 1. The highest BCUT2D eigenvalue weighted by atomic mass is 16.4. The highest BCUT2D eigenvalue weighted by molar-refractivity contribution is 5.76. The summed E-state index contributed by atoms with van der Waals surface area (Å²) in [5, 5.41) is 8.93. The van der Waals surface area contributed by atoms with Gasteiger partial charge in [-0.25, -0.2) is 4.98 Å². The monoisotopic (exact) mass is 289 g/mol. The molecule has 5 nitrogen and oxygen atoms in total. The Hall–Kier alpha value is -1.88. The van der Waals surface area contributed by atoms with Gasteiger partial charge in [0.05, 0.1) is 24.0 Å². The number of fused-ring (bicyclic) bond motifs is 1. The van der Waals surface area contributed by atoms with Crippen LogP contribution in [-0.2, 0) is 17.9 Å². The van der Waals surface area contributed by atoms with E-state index in [9.17, 15) is 4.79 Å². The zero-order valence-electron chi connectivity index (χ0n) is 12.7.